The van der Waals surface area contributed by atoms with Crippen molar-refractivity contribution >= 4 is 17.8 Å². The average molecular weight is 334 g/mol. The molecule has 0 radical (unpaired) electrons. The first-order valence-electron chi connectivity index (χ1n) is 8.40. The molecular formula is C17H22N2O5. The van der Waals surface area contributed by atoms with Gasteiger partial charge < -0.3 is 19.3 Å². The van der Waals surface area contributed by atoms with Crippen LogP contribution < -0.4 is 0 Å². The Morgan fingerprint density at radius 3 is 2.42 bits per heavy atom. The first-order valence-corrected chi connectivity index (χ1v) is 8.40. The second-order valence-corrected chi connectivity index (χ2v) is 6.51. The molecule has 0 bridgehead atoms. The normalized spacial score (nSPS) is 22.4. The zero-order valence-corrected chi connectivity index (χ0v) is 13.5. The van der Waals surface area contributed by atoms with Crippen molar-refractivity contribution in [2.45, 2.75) is 25.7 Å². The molecule has 2 saturated heterocycles. The van der Waals surface area contributed by atoms with Crippen LogP contribution in [0.15, 0.2) is 22.8 Å². The number of carbonyl (C=O) groups excluding carboxylic acids is 2. The second-order valence-electron chi connectivity index (χ2n) is 6.51. The second kappa shape index (κ2) is 7.07. The smallest absolute Gasteiger partial charge is 0.308 e. The van der Waals surface area contributed by atoms with Crippen LogP contribution >= 0.6 is 0 Å². The van der Waals surface area contributed by atoms with Gasteiger partial charge in [-0.05, 0) is 37.8 Å². The molecule has 7 heteroatoms. The molecule has 7 nitrogen and oxygen atoms in total. The number of nitrogens with zero attached hydrogens (tertiary/aromatic N) is 2. The molecule has 1 aromatic heterocycles. The largest absolute Gasteiger partial charge is 0.481 e. The summed E-state index contributed by atoms with van der Waals surface area (Å²) in [6.07, 6.45) is 4.06. The van der Waals surface area contributed by atoms with Crippen LogP contribution in [0.2, 0.25) is 0 Å². The van der Waals surface area contributed by atoms with Gasteiger partial charge in [-0.25, -0.2) is 0 Å². The Hall–Kier alpha value is -2.31. The molecule has 2 amide bonds. The fourth-order valence-electron chi connectivity index (χ4n) is 3.52. The van der Waals surface area contributed by atoms with E-state index in [1.54, 1.807) is 21.9 Å². The first kappa shape index (κ1) is 16.5. The number of hydrogen-bond acceptors (Lipinski definition) is 4. The van der Waals surface area contributed by atoms with Crippen molar-refractivity contribution in [2.75, 3.05) is 26.2 Å². The first-order chi connectivity index (χ1) is 11.6. The van der Waals surface area contributed by atoms with Gasteiger partial charge in [-0.2, -0.15) is 0 Å². The predicted octanol–water partition coefficient (Wildman–Crippen LogP) is 1.45. The molecule has 0 aliphatic carbocycles. The van der Waals surface area contributed by atoms with Gasteiger partial charge in [0.1, 0.15) is 0 Å². The van der Waals surface area contributed by atoms with Crippen LogP contribution in [0, 0.1) is 11.8 Å². The molecule has 1 N–H and O–H groups in total. The highest BCUT2D eigenvalue weighted by Crippen LogP contribution is 2.24. The molecule has 130 valence electrons. The van der Waals surface area contributed by atoms with Crippen LogP contribution in [0.5, 0.6) is 0 Å². The SMILES string of the molecule is O=C(O)[C@@H]1CCCN(C(=O)C2CCN(C(=O)c3ccco3)CC2)C1. The van der Waals surface area contributed by atoms with E-state index in [0.717, 1.165) is 6.42 Å². The topological polar surface area (TPSA) is 91.1 Å². The Labute approximate surface area is 140 Å². The number of aliphatic carboxylic acids is 1. The number of furan rings is 1. The van der Waals surface area contributed by atoms with E-state index in [1.807, 2.05) is 0 Å². The van der Waals surface area contributed by atoms with E-state index in [0.29, 0.717) is 51.2 Å². The summed E-state index contributed by atoms with van der Waals surface area (Å²) in [5, 5.41) is 9.14. The molecule has 3 heterocycles. The van der Waals surface area contributed by atoms with Gasteiger partial charge in [0.2, 0.25) is 5.91 Å². The van der Waals surface area contributed by atoms with Gasteiger partial charge in [0.15, 0.2) is 5.76 Å². The van der Waals surface area contributed by atoms with E-state index in [1.165, 1.54) is 6.26 Å². The molecule has 0 unspecified atom stereocenters. The average Bonchev–Trinajstić information content (AvgIpc) is 3.15. The maximum absolute atomic E-state index is 12.6. The summed E-state index contributed by atoms with van der Waals surface area (Å²) in [4.78, 5) is 39.4. The lowest BCUT2D eigenvalue weighted by molar-refractivity contribution is -0.147. The van der Waals surface area contributed by atoms with Gasteiger partial charge in [0.05, 0.1) is 12.2 Å². The molecule has 2 aliphatic rings. The highest BCUT2D eigenvalue weighted by atomic mass is 16.4. The molecule has 1 aromatic rings. The fourth-order valence-corrected chi connectivity index (χ4v) is 3.52. The van der Waals surface area contributed by atoms with E-state index in [9.17, 15) is 14.4 Å². The third-order valence-corrected chi connectivity index (χ3v) is 4.95. The third-order valence-electron chi connectivity index (χ3n) is 4.95. The molecule has 0 aromatic carbocycles. The Bertz CT molecular complexity index is 605. The number of carboxylic acids is 1. The number of piperidine rings is 2. The highest BCUT2D eigenvalue weighted by molar-refractivity contribution is 5.91. The van der Waals surface area contributed by atoms with E-state index in [4.69, 9.17) is 9.52 Å². The van der Waals surface area contributed by atoms with E-state index in [2.05, 4.69) is 0 Å². The zero-order valence-electron chi connectivity index (χ0n) is 13.5. The lowest BCUT2D eigenvalue weighted by Gasteiger charge is -2.36. The number of carbonyl (C=O) groups is 3. The van der Waals surface area contributed by atoms with Crippen LogP contribution in [0.3, 0.4) is 0 Å². The molecule has 1 atom stereocenters. The van der Waals surface area contributed by atoms with Crippen molar-refractivity contribution in [3.63, 3.8) is 0 Å². The van der Waals surface area contributed by atoms with Crippen molar-refractivity contribution in [1.82, 2.24) is 9.80 Å². The quantitative estimate of drug-likeness (QED) is 0.903. The minimum Gasteiger partial charge on any atom is -0.481 e. The van der Waals surface area contributed by atoms with E-state index < -0.39 is 11.9 Å². The van der Waals surface area contributed by atoms with Gasteiger partial charge in [0, 0.05) is 32.1 Å². The summed E-state index contributed by atoms with van der Waals surface area (Å²) in [6.45, 7) is 1.98. The van der Waals surface area contributed by atoms with Crippen molar-refractivity contribution in [1.29, 1.82) is 0 Å². The number of carboxylic acid groups (broad SMARTS) is 1. The van der Waals surface area contributed by atoms with Gasteiger partial charge in [-0.3, -0.25) is 14.4 Å². The lowest BCUT2D eigenvalue weighted by atomic mass is 9.92. The van der Waals surface area contributed by atoms with Gasteiger partial charge in [-0.1, -0.05) is 0 Å². The highest BCUT2D eigenvalue weighted by Gasteiger charge is 2.34. The summed E-state index contributed by atoms with van der Waals surface area (Å²) < 4.78 is 5.13. The monoisotopic (exact) mass is 334 g/mol. The molecule has 3 rings (SSSR count). The molecule has 2 fully saturated rings. The van der Waals surface area contributed by atoms with Crippen molar-refractivity contribution in [3.05, 3.63) is 24.2 Å². The maximum atomic E-state index is 12.6. The van der Waals surface area contributed by atoms with E-state index in [-0.39, 0.29) is 17.7 Å². The third kappa shape index (κ3) is 3.44. The van der Waals surface area contributed by atoms with Crippen molar-refractivity contribution < 1.29 is 23.9 Å². The Morgan fingerprint density at radius 2 is 1.79 bits per heavy atom. The van der Waals surface area contributed by atoms with Crippen LogP contribution in [0.25, 0.3) is 0 Å². The number of amides is 2. The number of rotatable bonds is 3. The zero-order chi connectivity index (χ0) is 17.1. The molecule has 0 saturated carbocycles. The van der Waals surface area contributed by atoms with Crippen LogP contribution in [0.4, 0.5) is 0 Å². The van der Waals surface area contributed by atoms with Crippen LogP contribution in [0.1, 0.15) is 36.2 Å². The summed E-state index contributed by atoms with van der Waals surface area (Å²) in [5.41, 5.74) is 0. The summed E-state index contributed by atoms with van der Waals surface area (Å²) in [5.74, 6) is -1.20. The summed E-state index contributed by atoms with van der Waals surface area (Å²) in [7, 11) is 0. The lowest BCUT2D eigenvalue weighted by Crippen LogP contribution is -2.48. The fraction of sp³-hybridized carbons (Fsp3) is 0.588. The number of likely N-dealkylation sites (tertiary alicyclic amines) is 2. The van der Waals surface area contributed by atoms with Gasteiger partial charge >= 0.3 is 5.97 Å². The molecule has 2 aliphatic heterocycles. The van der Waals surface area contributed by atoms with Crippen LogP contribution in [-0.2, 0) is 9.59 Å². The van der Waals surface area contributed by atoms with Gasteiger partial charge in [-0.15, -0.1) is 0 Å². The Balaban J connectivity index is 1.53. The van der Waals surface area contributed by atoms with Gasteiger partial charge in [0.25, 0.3) is 5.91 Å². The minimum atomic E-state index is -0.827. The van der Waals surface area contributed by atoms with Crippen molar-refractivity contribution in [2.24, 2.45) is 11.8 Å². The summed E-state index contributed by atoms with van der Waals surface area (Å²) in [6, 6.07) is 3.32. The minimum absolute atomic E-state index is 0.0334. The van der Waals surface area contributed by atoms with E-state index >= 15 is 0 Å². The predicted molar refractivity (Wildman–Crippen MR) is 84.3 cm³/mol. The standard InChI is InChI=1S/C17H22N2O5/c20-15(19-7-1-3-13(11-19)17(22)23)12-5-8-18(9-6-12)16(21)14-4-2-10-24-14/h2,4,10,12-13H,1,3,5-9,11H2,(H,22,23)/t13-/m1/s1. The Kier molecular flexibility index (Phi) is 4.87. The van der Waals surface area contributed by atoms with Crippen molar-refractivity contribution in [3.8, 4) is 0 Å². The molecule has 0 spiro atoms. The molecular weight excluding hydrogens is 312 g/mol. The summed E-state index contributed by atoms with van der Waals surface area (Å²) >= 11 is 0. The Morgan fingerprint density at radius 1 is 1.04 bits per heavy atom. The molecule has 24 heavy (non-hydrogen) atoms. The number of hydrogen-bond donors (Lipinski definition) is 1. The van der Waals surface area contributed by atoms with Crippen LogP contribution in [-0.4, -0.2) is 58.9 Å². The maximum Gasteiger partial charge on any atom is 0.308 e.